The summed E-state index contributed by atoms with van der Waals surface area (Å²) in [7, 11) is 0. The fourth-order valence-electron chi connectivity index (χ4n) is 2.94. The van der Waals surface area contributed by atoms with Gasteiger partial charge in [-0.05, 0) is 54.4 Å². The van der Waals surface area contributed by atoms with Gasteiger partial charge in [0, 0.05) is 17.5 Å². The Morgan fingerprint density at radius 1 is 1.16 bits per heavy atom. The minimum absolute atomic E-state index is 0.117. The van der Waals surface area contributed by atoms with E-state index in [4.69, 9.17) is 11.6 Å². The number of alkyl halides is 3. The molecule has 0 aliphatic carbocycles. The van der Waals surface area contributed by atoms with Gasteiger partial charge in [0.1, 0.15) is 0 Å². The van der Waals surface area contributed by atoms with Crippen molar-refractivity contribution in [3.05, 3.63) is 68.6 Å². The minimum atomic E-state index is -4.48. The molecule has 0 radical (unpaired) electrons. The standard InChI is InChI=1S/C22H22ClF3N4O2/c1-12-9-17(23)16(10-13(12)11-27-19(31)21(2,3)4)18-28-20(32)30(29-18)15-7-5-14(6-8-15)22(24,25)26/h5-10H,11H2,1-4H3,(H,27,31)(H,28,29,32). The van der Waals surface area contributed by atoms with E-state index in [9.17, 15) is 22.8 Å². The normalized spacial score (nSPS) is 12.1. The first-order valence-electron chi connectivity index (χ1n) is 9.72. The quantitative estimate of drug-likeness (QED) is 0.575. The lowest BCUT2D eigenvalue weighted by Crippen LogP contribution is -2.34. The molecule has 0 unspecified atom stereocenters. The second-order valence-electron chi connectivity index (χ2n) is 8.43. The van der Waals surface area contributed by atoms with Crippen LogP contribution in [0.2, 0.25) is 5.02 Å². The molecule has 0 aliphatic heterocycles. The van der Waals surface area contributed by atoms with Crippen molar-refractivity contribution in [2.24, 2.45) is 5.41 Å². The molecule has 3 aromatic rings. The summed E-state index contributed by atoms with van der Waals surface area (Å²) in [6.07, 6.45) is -4.48. The molecule has 0 aliphatic rings. The first-order valence-corrected chi connectivity index (χ1v) is 10.1. The Morgan fingerprint density at radius 3 is 2.34 bits per heavy atom. The Morgan fingerprint density at radius 2 is 1.78 bits per heavy atom. The third-order valence-electron chi connectivity index (χ3n) is 4.86. The summed E-state index contributed by atoms with van der Waals surface area (Å²) in [6, 6.07) is 7.51. The molecule has 1 heterocycles. The highest BCUT2D eigenvalue weighted by atomic mass is 35.5. The third-order valence-corrected chi connectivity index (χ3v) is 5.17. The molecule has 2 aromatic carbocycles. The summed E-state index contributed by atoms with van der Waals surface area (Å²) in [6.45, 7) is 7.52. The van der Waals surface area contributed by atoms with E-state index in [1.807, 2.05) is 6.92 Å². The topological polar surface area (TPSA) is 79.8 Å². The predicted octanol–water partition coefficient (Wildman–Crippen LogP) is 4.87. The highest BCUT2D eigenvalue weighted by molar-refractivity contribution is 6.33. The van der Waals surface area contributed by atoms with Crippen molar-refractivity contribution in [3.8, 4) is 17.1 Å². The average Bonchev–Trinajstić information content (AvgIpc) is 3.07. The van der Waals surface area contributed by atoms with Crippen LogP contribution in [0.25, 0.3) is 17.1 Å². The number of aryl methyl sites for hydroxylation is 1. The van der Waals surface area contributed by atoms with Gasteiger partial charge in [0.05, 0.1) is 16.3 Å². The summed E-state index contributed by atoms with van der Waals surface area (Å²) >= 11 is 6.37. The predicted molar refractivity (Wildman–Crippen MR) is 116 cm³/mol. The van der Waals surface area contributed by atoms with Gasteiger partial charge in [0.15, 0.2) is 5.82 Å². The molecule has 0 bridgehead atoms. The number of amides is 1. The molecule has 1 aromatic heterocycles. The van der Waals surface area contributed by atoms with Crippen molar-refractivity contribution in [2.45, 2.75) is 40.4 Å². The summed E-state index contributed by atoms with van der Waals surface area (Å²) in [5, 5.41) is 7.41. The first kappa shape index (κ1) is 23.6. The maximum Gasteiger partial charge on any atom is 0.416 e. The van der Waals surface area contributed by atoms with Crippen LogP contribution in [-0.4, -0.2) is 20.7 Å². The number of carbonyl (C=O) groups is 1. The fourth-order valence-corrected chi connectivity index (χ4v) is 3.25. The Hall–Kier alpha value is -3.07. The van der Waals surface area contributed by atoms with Crippen LogP contribution in [0.3, 0.4) is 0 Å². The lowest BCUT2D eigenvalue weighted by molar-refractivity contribution is -0.137. The number of hydrogen-bond donors (Lipinski definition) is 2. The van der Waals surface area contributed by atoms with Crippen molar-refractivity contribution in [1.29, 1.82) is 0 Å². The van der Waals surface area contributed by atoms with Gasteiger partial charge < -0.3 is 5.32 Å². The molecule has 0 fully saturated rings. The van der Waals surface area contributed by atoms with Crippen molar-refractivity contribution >= 4 is 17.5 Å². The van der Waals surface area contributed by atoms with Gasteiger partial charge in [0.25, 0.3) is 0 Å². The van der Waals surface area contributed by atoms with Gasteiger partial charge in [0.2, 0.25) is 5.91 Å². The van der Waals surface area contributed by atoms with Crippen molar-refractivity contribution in [2.75, 3.05) is 0 Å². The maximum atomic E-state index is 12.8. The minimum Gasteiger partial charge on any atom is -0.352 e. The number of hydrogen-bond acceptors (Lipinski definition) is 3. The Kier molecular flexibility index (Phi) is 6.24. The van der Waals surface area contributed by atoms with Crippen LogP contribution in [0.5, 0.6) is 0 Å². The monoisotopic (exact) mass is 466 g/mol. The maximum absolute atomic E-state index is 12.8. The van der Waals surface area contributed by atoms with Gasteiger partial charge >= 0.3 is 11.9 Å². The highest BCUT2D eigenvalue weighted by Gasteiger charge is 2.30. The average molecular weight is 467 g/mol. The van der Waals surface area contributed by atoms with Gasteiger partial charge in [-0.3, -0.25) is 9.78 Å². The second kappa shape index (κ2) is 8.46. The number of aromatic nitrogens is 3. The summed E-state index contributed by atoms with van der Waals surface area (Å²) in [5.74, 6) is 0.0386. The third kappa shape index (κ3) is 5.04. The van der Waals surface area contributed by atoms with E-state index < -0.39 is 22.8 Å². The van der Waals surface area contributed by atoms with Crippen molar-refractivity contribution in [3.63, 3.8) is 0 Å². The number of halogens is 4. The van der Waals surface area contributed by atoms with E-state index in [1.165, 1.54) is 12.1 Å². The molecule has 3 rings (SSSR count). The van der Waals surface area contributed by atoms with Crippen molar-refractivity contribution in [1.82, 2.24) is 20.1 Å². The van der Waals surface area contributed by atoms with E-state index in [-0.39, 0.29) is 24.0 Å². The number of carbonyl (C=O) groups excluding carboxylic acids is 1. The van der Waals surface area contributed by atoms with Crippen LogP contribution in [0.4, 0.5) is 13.2 Å². The first-order chi connectivity index (χ1) is 14.8. The molecule has 170 valence electrons. The van der Waals surface area contributed by atoms with Crippen LogP contribution in [0, 0.1) is 12.3 Å². The number of nitrogens with one attached hydrogen (secondary N) is 2. The van der Waals surface area contributed by atoms with E-state index in [1.54, 1.807) is 32.9 Å². The summed E-state index contributed by atoms with van der Waals surface area (Å²) < 4.78 is 39.3. The molecule has 0 saturated carbocycles. The lowest BCUT2D eigenvalue weighted by atomic mass is 9.95. The molecule has 6 nitrogen and oxygen atoms in total. The number of aromatic amines is 1. The zero-order valence-corrected chi connectivity index (χ0v) is 18.6. The molecular formula is C22H22ClF3N4O2. The Bertz CT molecular complexity index is 1210. The van der Waals surface area contributed by atoms with Crippen LogP contribution < -0.4 is 11.0 Å². The van der Waals surface area contributed by atoms with Crippen LogP contribution >= 0.6 is 11.6 Å². The van der Waals surface area contributed by atoms with Crippen LogP contribution in [0.15, 0.2) is 41.2 Å². The summed E-state index contributed by atoms with van der Waals surface area (Å²) in [4.78, 5) is 27.2. The molecule has 32 heavy (non-hydrogen) atoms. The number of nitrogens with zero attached hydrogens (tertiary/aromatic N) is 2. The summed E-state index contributed by atoms with van der Waals surface area (Å²) in [5.41, 5.74) is 0.234. The molecule has 10 heteroatoms. The van der Waals surface area contributed by atoms with Gasteiger partial charge in [-0.1, -0.05) is 32.4 Å². The number of benzene rings is 2. The molecule has 2 N–H and O–H groups in total. The molecule has 0 saturated heterocycles. The van der Waals surface area contributed by atoms with E-state index in [0.717, 1.165) is 27.9 Å². The Balaban J connectivity index is 1.94. The smallest absolute Gasteiger partial charge is 0.352 e. The zero-order chi connectivity index (χ0) is 23.8. The highest BCUT2D eigenvalue weighted by Crippen LogP contribution is 2.30. The van der Waals surface area contributed by atoms with E-state index in [2.05, 4.69) is 15.4 Å². The lowest BCUT2D eigenvalue weighted by Gasteiger charge is -2.18. The SMILES string of the molecule is Cc1cc(Cl)c(-c2nn(-c3ccc(C(F)(F)F)cc3)c(=O)[nH]2)cc1CNC(=O)C(C)(C)C. The molecular weight excluding hydrogens is 445 g/mol. The van der Waals surface area contributed by atoms with Gasteiger partial charge in [-0.2, -0.15) is 17.9 Å². The van der Waals surface area contributed by atoms with Crippen molar-refractivity contribution < 1.29 is 18.0 Å². The van der Waals surface area contributed by atoms with Crippen LogP contribution in [-0.2, 0) is 17.5 Å². The van der Waals surface area contributed by atoms with Gasteiger partial charge in [-0.25, -0.2) is 4.79 Å². The fraction of sp³-hybridized carbons (Fsp3) is 0.318. The molecule has 1 amide bonds. The van der Waals surface area contributed by atoms with E-state index >= 15 is 0 Å². The van der Waals surface area contributed by atoms with Crippen LogP contribution in [0.1, 0.15) is 37.5 Å². The number of H-pyrrole nitrogens is 1. The zero-order valence-electron chi connectivity index (χ0n) is 17.9. The largest absolute Gasteiger partial charge is 0.416 e. The second-order valence-corrected chi connectivity index (χ2v) is 8.83. The van der Waals surface area contributed by atoms with Gasteiger partial charge in [-0.15, -0.1) is 5.10 Å². The molecule has 0 atom stereocenters. The molecule has 0 spiro atoms. The number of rotatable bonds is 4. The Labute approximate surface area is 187 Å². The van der Waals surface area contributed by atoms with E-state index in [0.29, 0.717) is 10.6 Å².